The fourth-order valence-corrected chi connectivity index (χ4v) is 4.47. The minimum absolute atomic E-state index is 0.0615. The Morgan fingerprint density at radius 3 is 2.63 bits per heavy atom. The van der Waals surface area contributed by atoms with E-state index in [0.29, 0.717) is 19.3 Å². The third-order valence-electron chi connectivity index (χ3n) is 3.56. The van der Waals surface area contributed by atoms with Gasteiger partial charge in [-0.3, -0.25) is 4.79 Å². The number of ether oxygens (including phenoxy) is 1. The average molecular weight is 292 g/mol. The molecular weight excluding hydrogens is 276 g/mol. The minimum atomic E-state index is -4.04. The summed E-state index contributed by atoms with van der Waals surface area (Å²) in [6.45, 7) is 1.62. The molecule has 2 N–H and O–H groups in total. The molecule has 0 spiro atoms. The van der Waals surface area contributed by atoms with E-state index in [9.17, 15) is 18.0 Å². The third kappa shape index (κ3) is 2.52. The molecule has 0 saturated carbocycles. The predicted molar refractivity (Wildman–Crippen MR) is 63.5 cm³/mol. The second-order valence-corrected chi connectivity index (χ2v) is 6.21. The van der Waals surface area contributed by atoms with Crippen LogP contribution >= 0.6 is 0 Å². The zero-order chi connectivity index (χ0) is 14.2. The van der Waals surface area contributed by atoms with Crippen LogP contribution < -0.4 is 4.72 Å². The van der Waals surface area contributed by atoms with Crippen LogP contribution in [-0.2, 0) is 19.7 Å². The van der Waals surface area contributed by atoms with Crippen molar-refractivity contribution in [3.63, 3.8) is 0 Å². The number of hydrogen-bond acceptors (Lipinski definition) is 5. The molecule has 0 aliphatic carbocycles. The van der Waals surface area contributed by atoms with Gasteiger partial charge in [0, 0.05) is 12.1 Å². The Bertz CT molecular complexity index is 490. The van der Waals surface area contributed by atoms with Crippen LogP contribution in [0, 0.1) is 5.92 Å². The Morgan fingerprint density at radius 2 is 2.11 bits per heavy atom. The SMILES string of the molecule is CCOC(=O)NS(=O)(=O)N1C2CCC1C(C(=O)O)C2. The van der Waals surface area contributed by atoms with E-state index in [1.165, 1.54) is 0 Å². The maximum atomic E-state index is 12.1. The molecule has 0 radical (unpaired) electrons. The summed E-state index contributed by atoms with van der Waals surface area (Å²) in [5.41, 5.74) is 0. The number of fused-ring (bicyclic) bond motifs is 2. The van der Waals surface area contributed by atoms with Crippen molar-refractivity contribution < 1.29 is 27.9 Å². The van der Waals surface area contributed by atoms with Crippen molar-refractivity contribution in [1.29, 1.82) is 0 Å². The Labute approximate surface area is 110 Å². The largest absolute Gasteiger partial charge is 0.481 e. The summed E-state index contributed by atoms with van der Waals surface area (Å²) in [4.78, 5) is 22.3. The second-order valence-electron chi connectivity index (χ2n) is 4.64. The van der Waals surface area contributed by atoms with Crippen molar-refractivity contribution >= 4 is 22.3 Å². The van der Waals surface area contributed by atoms with E-state index in [1.54, 1.807) is 11.6 Å². The molecule has 2 fully saturated rings. The van der Waals surface area contributed by atoms with Gasteiger partial charge in [0.05, 0.1) is 12.5 Å². The summed E-state index contributed by atoms with van der Waals surface area (Å²) in [5.74, 6) is -1.69. The number of hydrogen-bond donors (Lipinski definition) is 2. The topological polar surface area (TPSA) is 113 Å². The van der Waals surface area contributed by atoms with Crippen molar-refractivity contribution in [3.05, 3.63) is 0 Å². The lowest BCUT2D eigenvalue weighted by atomic mass is 9.89. The molecule has 0 aromatic carbocycles. The van der Waals surface area contributed by atoms with Crippen LogP contribution in [-0.4, -0.2) is 48.6 Å². The van der Waals surface area contributed by atoms with E-state index in [0.717, 1.165) is 4.31 Å². The van der Waals surface area contributed by atoms with Crippen LogP contribution in [0.15, 0.2) is 0 Å². The maximum absolute atomic E-state index is 12.1. The fourth-order valence-electron chi connectivity index (χ4n) is 2.90. The van der Waals surface area contributed by atoms with E-state index >= 15 is 0 Å². The zero-order valence-electron chi connectivity index (χ0n) is 10.4. The molecule has 19 heavy (non-hydrogen) atoms. The number of nitrogens with zero attached hydrogens (tertiary/aromatic N) is 1. The molecule has 8 nitrogen and oxygen atoms in total. The molecule has 2 aliphatic heterocycles. The van der Waals surface area contributed by atoms with E-state index in [2.05, 4.69) is 4.74 Å². The lowest BCUT2D eigenvalue weighted by Gasteiger charge is -2.22. The number of carboxylic acids is 1. The van der Waals surface area contributed by atoms with E-state index in [-0.39, 0.29) is 12.6 Å². The molecule has 3 atom stereocenters. The van der Waals surface area contributed by atoms with Crippen LogP contribution in [0.25, 0.3) is 0 Å². The minimum Gasteiger partial charge on any atom is -0.481 e. The lowest BCUT2D eigenvalue weighted by Crippen LogP contribution is -2.47. The summed E-state index contributed by atoms with van der Waals surface area (Å²) in [6.07, 6.45) is 0.383. The second kappa shape index (κ2) is 4.97. The molecule has 2 heterocycles. The molecule has 1 amide bonds. The summed E-state index contributed by atoms with van der Waals surface area (Å²) >= 11 is 0. The molecule has 2 rings (SSSR count). The molecule has 2 bridgehead atoms. The Kier molecular flexibility index (Phi) is 3.68. The van der Waals surface area contributed by atoms with Gasteiger partial charge < -0.3 is 9.84 Å². The Hall–Kier alpha value is -1.35. The number of aliphatic carboxylic acids is 1. The number of carbonyl (C=O) groups excluding carboxylic acids is 1. The monoisotopic (exact) mass is 292 g/mol. The molecule has 2 saturated heterocycles. The van der Waals surface area contributed by atoms with E-state index in [1.807, 2.05) is 0 Å². The van der Waals surface area contributed by atoms with Gasteiger partial charge in [-0.15, -0.1) is 0 Å². The van der Waals surface area contributed by atoms with Gasteiger partial charge >= 0.3 is 22.3 Å². The van der Waals surface area contributed by atoms with Gasteiger partial charge in [-0.1, -0.05) is 0 Å². The molecule has 3 unspecified atom stereocenters. The molecule has 9 heteroatoms. The quantitative estimate of drug-likeness (QED) is 0.749. The lowest BCUT2D eigenvalue weighted by molar-refractivity contribution is -0.142. The highest BCUT2D eigenvalue weighted by atomic mass is 32.2. The molecule has 0 aromatic heterocycles. The number of nitrogens with one attached hydrogen (secondary N) is 1. The molecule has 2 aliphatic rings. The van der Waals surface area contributed by atoms with Crippen molar-refractivity contribution in [2.45, 2.75) is 38.3 Å². The average Bonchev–Trinajstić information content (AvgIpc) is 2.85. The highest BCUT2D eigenvalue weighted by molar-refractivity contribution is 7.87. The fraction of sp³-hybridized carbons (Fsp3) is 0.800. The Balaban J connectivity index is 2.14. The van der Waals surface area contributed by atoms with Crippen LogP contribution in [0.1, 0.15) is 26.2 Å². The summed E-state index contributed by atoms with van der Waals surface area (Å²) in [7, 11) is -4.04. The molecule has 0 aromatic rings. The van der Waals surface area contributed by atoms with Gasteiger partial charge in [0.15, 0.2) is 0 Å². The standard InChI is InChI=1S/C10H16N2O6S/c1-2-18-10(15)11-19(16,17)12-6-3-4-8(12)7(5-6)9(13)14/h6-8H,2-5H2,1H3,(H,11,15)(H,13,14). The summed E-state index contributed by atoms with van der Waals surface area (Å²) < 4.78 is 31.6. The smallest absolute Gasteiger partial charge is 0.421 e. The van der Waals surface area contributed by atoms with Gasteiger partial charge in [-0.05, 0) is 26.2 Å². The highest BCUT2D eigenvalue weighted by Crippen LogP contribution is 2.43. The number of rotatable bonds is 4. The number of carboxylic acid groups (broad SMARTS) is 1. The van der Waals surface area contributed by atoms with Crippen molar-refractivity contribution in [1.82, 2.24) is 9.03 Å². The van der Waals surface area contributed by atoms with Crippen LogP contribution in [0.3, 0.4) is 0 Å². The zero-order valence-corrected chi connectivity index (χ0v) is 11.2. The summed E-state index contributed by atoms with van der Waals surface area (Å²) in [6, 6.07) is -0.924. The van der Waals surface area contributed by atoms with Gasteiger partial charge in [-0.2, -0.15) is 12.7 Å². The van der Waals surface area contributed by atoms with Crippen molar-refractivity contribution in [3.8, 4) is 0 Å². The molecular formula is C10H16N2O6S. The van der Waals surface area contributed by atoms with Gasteiger partial charge in [0.1, 0.15) is 0 Å². The molecule has 108 valence electrons. The van der Waals surface area contributed by atoms with Crippen LogP contribution in [0.5, 0.6) is 0 Å². The normalized spacial score (nSPS) is 30.3. The van der Waals surface area contributed by atoms with E-state index < -0.39 is 34.2 Å². The number of amides is 1. The van der Waals surface area contributed by atoms with Crippen LogP contribution in [0.2, 0.25) is 0 Å². The van der Waals surface area contributed by atoms with Gasteiger partial charge in [0.25, 0.3) is 0 Å². The maximum Gasteiger partial charge on any atom is 0.421 e. The van der Waals surface area contributed by atoms with E-state index in [4.69, 9.17) is 5.11 Å². The van der Waals surface area contributed by atoms with Gasteiger partial charge in [-0.25, -0.2) is 9.52 Å². The predicted octanol–water partition coefficient (Wildman–Crippen LogP) is -0.0852. The Morgan fingerprint density at radius 1 is 1.42 bits per heavy atom. The third-order valence-corrected chi connectivity index (χ3v) is 5.10. The van der Waals surface area contributed by atoms with Crippen molar-refractivity contribution in [2.75, 3.05) is 6.61 Å². The first-order valence-corrected chi connectivity index (χ1v) is 7.51. The van der Waals surface area contributed by atoms with Crippen LogP contribution in [0.4, 0.5) is 4.79 Å². The highest BCUT2D eigenvalue weighted by Gasteiger charge is 2.54. The number of carbonyl (C=O) groups is 2. The first kappa shape index (κ1) is 14.1. The summed E-state index contributed by atoms with van der Waals surface area (Å²) in [5, 5.41) is 9.05. The first-order chi connectivity index (χ1) is 8.86. The van der Waals surface area contributed by atoms with Gasteiger partial charge in [0.2, 0.25) is 0 Å². The first-order valence-electron chi connectivity index (χ1n) is 6.07. The van der Waals surface area contributed by atoms with Crippen molar-refractivity contribution in [2.24, 2.45) is 5.92 Å².